The van der Waals surface area contributed by atoms with Crippen molar-refractivity contribution in [2.24, 2.45) is 0 Å². The summed E-state index contributed by atoms with van der Waals surface area (Å²) in [4.78, 5) is 19.6. The van der Waals surface area contributed by atoms with Gasteiger partial charge in [-0.05, 0) is 42.8 Å². The van der Waals surface area contributed by atoms with Gasteiger partial charge in [0.25, 0.3) is 0 Å². The van der Waals surface area contributed by atoms with E-state index in [0.29, 0.717) is 34.4 Å². The van der Waals surface area contributed by atoms with Crippen molar-refractivity contribution in [2.45, 2.75) is 13.3 Å². The van der Waals surface area contributed by atoms with Crippen molar-refractivity contribution >= 4 is 46.3 Å². The van der Waals surface area contributed by atoms with Crippen molar-refractivity contribution in [1.82, 2.24) is 9.97 Å². The summed E-state index contributed by atoms with van der Waals surface area (Å²) in [6.07, 6.45) is 3.07. The molecule has 3 N–H and O–H groups in total. The summed E-state index contributed by atoms with van der Waals surface area (Å²) < 4.78 is 19.9. The van der Waals surface area contributed by atoms with E-state index in [1.165, 1.54) is 0 Å². The summed E-state index contributed by atoms with van der Waals surface area (Å²) in [5.74, 6) is -0.284. The zero-order valence-electron chi connectivity index (χ0n) is 16.8. The second kappa shape index (κ2) is 10.4. The fraction of sp³-hybridized carbons (Fsp3) is 0.136. The normalized spacial score (nSPS) is 10.3. The van der Waals surface area contributed by atoms with Gasteiger partial charge < -0.3 is 20.7 Å². The smallest absolute Gasteiger partial charge is 0.247 e. The number of benzene rings is 2. The molecule has 0 atom stereocenters. The molecule has 9 heteroatoms. The number of carbonyl (C=O) groups is 1. The third kappa shape index (κ3) is 6.16. The van der Waals surface area contributed by atoms with Crippen molar-refractivity contribution in [2.75, 3.05) is 22.6 Å². The Labute approximate surface area is 184 Å². The molecule has 160 valence electrons. The Morgan fingerprint density at radius 1 is 1.19 bits per heavy atom. The predicted octanol–water partition coefficient (Wildman–Crippen LogP) is 5.67. The Morgan fingerprint density at radius 2 is 1.97 bits per heavy atom. The molecule has 1 amide bonds. The molecule has 0 saturated carbocycles. The molecule has 2 aromatic carbocycles. The number of halogens is 2. The number of carbonyl (C=O) groups excluding carboxylic acids is 1. The highest BCUT2D eigenvalue weighted by Gasteiger charge is 2.10. The van der Waals surface area contributed by atoms with Crippen molar-refractivity contribution < 1.29 is 13.9 Å². The lowest BCUT2D eigenvalue weighted by atomic mass is 10.2. The molecular weight excluding hydrogens is 421 g/mol. The lowest BCUT2D eigenvalue weighted by molar-refractivity contribution is -0.111. The molecule has 0 radical (unpaired) electrons. The number of hydrogen-bond acceptors (Lipinski definition) is 6. The zero-order chi connectivity index (χ0) is 22.2. The van der Waals surface area contributed by atoms with Gasteiger partial charge in [-0.25, -0.2) is 9.37 Å². The molecule has 0 unspecified atom stereocenters. The SMILES string of the molecule is C=CC(=O)Nc1cccc(Nc2nc(Nc3ccc(Cl)c(OCCC)c3)ncc2F)c1. The maximum atomic E-state index is 14.3. The third-order valence-electron chi connectivity index (χ3n) is 3.97. The number of amides is 1. The van der Waals surface area contributed by atoms with Crippen molar-refractivity contribution in [3.05, 3.63) is 72.2 Å². The van der Waals surface area contributed by atoms with Crippen LogP contribution < -0.4 is 20.7 Å². The van der Waals surface area contributed by atoms with E-state index < -0.39 is 5.82 Å². The third-order valence-corrected chi connectivity index (χ3v) is 4.28. The summed E-state index contributed by atoms with van der Waals surface area (Å²) in [7, 11) is 0. The summed E-state index contributed by atoms with van der Waals surface area (Å²) >= 11 is 6.15. The first-order chi connectivity index (χ1) is 15.0. The number of hydrogen-bond donors (Lipinski definition) is 3. The van der Waals surface area contributed by atoms with Gasteiger partial charge in [0.05, 0.1) is 17.8 Å². The molecule has 31 heavy (non-hydrogen) atoms. The lowest BCUT2D eigenvalue weighted by Crippen LogP contribution is -2.07. The summed E-state index contributed by atoms with van der Waals surface area (Å²) in [5.41, 5.74) is 1.71. The van der Waals surface area contributed by atoms with Gasteiger partial charge in [0.15, 0.2) is 11.6 Å². The molecule has 0 spiro atoms. The van der Waals surface area contributed by atoms with Crippen LogP contribution in [0.3, 0.4) is 0 Å². The molecular formula is C22H21ClFN5O2. The minimum absolute atomic E-state index is 0.0267. The van der Waals surface area contributed by atoms with E-state index in [4.69, 9.17) is 16.3 Å². The molecule has 1 heterocycles. The van der Waals surface area contributed by atoms with Gasteiger partial charge in [-0.2, -0.15) is 4.98 Å². The fourth-order valence-electron chi connectivity index (χ4n) is 2.55. The van der Waals surface area contributed by atoms with E-state index >= 15 is 0 Å². The Morgan fingerprint density at radius 3 is 2.74 bits per heavy atom. The zero-order valence-corrected chi connectivity index (χ0v) is 17.5. The molecule has 0 bridgehead atoms. The quantitative estimate of drug-likeness (QED) is 0.371. The molecule has 3 rings (SSSR count). The first kappa shape index (κ1) is 22.0. The lowest BCUT2D eigenvalue weighted by Gasteiger charge is -2.12. The van der Waals surface area contributed by atoms with Crippen LogP contribution in [0.5, 0.6) is 5.75 Å². The van der Waals surface area contributed by atoms with Crippen LogP contribution in [0.25, 0.3) is 0 Å². The number of nitrogens with one attached hydrogen (secondary N) is 3. The number of ether oxygens (including phenoxy) is 1. The monoisotopic (exact) mass is 441 g/mol. The topological polar surface area (TPSA) is 88.2 Å². The summed E-state index contributed by atoms with van der Waals surface area (Å²) in [5, 5.41) is 9.03. The molecule has 0 saturated heterocycles. The fourth-order valence-corrected chi connectivity index (χ4v) is 2.72. The molecule has 1 aromatic heterocycles. The van der Waals surface area contributed by atoms with Gasteiger partial charge in [0, 0.05) is 23.1 Å². The van der Waals surface area contributed by atoms with Gasteiger partial charge in [-0.3, -0.25) is 4.79 Å². The number of nitrogens with zero attached hydrogens (tertiary/aromatic N) is 2. The van der Waals surface area contributed by atoms with Crippen molar-refractivity contribution in [3.8, 4) is 5.75 Å². The second-order valence-corrected chi connectivity index (χ2v) is 6.82. The Hall–Kier alpha value is -3.65. The summed E-state index contributed by atoms with van der Waals surface area (Å²) in [6, 6.07) is 11.9. The van der Waals surface area contributed by atoms with Gasteiger partial charge >= 0.3 is 0 Å². The molecule has 0 aliphatic rings. The van der Waals surface area contributed by atoms with Crippen LogP contribution >= 0.6 is 11.6 Å². The van der Waals surface area contributed by atoms with Crippen LogP contribution in [-0.4, -0.2) is 22.5 Å². The van der Waals surface area contributed by atoms with Crippen LogP contribution in [0.2, 0.25) is 5.02 Å². The number of aromatic nitrogens is 2. The Bertz CT molecular complexity index is 1090. The molecule has 3 aromatic rings. The van der Waals surface area contributed by atoms with Crippen LogP contribution in [0, 0.1) is 5.82 Å². The maximum absolute atomic E-state index is 14.3. The van der Waals surface area contributed by atoms with E-state index in [1.807, 2.05) is 6.92 Å². The van der Waals surface area contributed by atoms with Gasteiger partial charge in [-0.15, -0.1) is 0 Å². The molecule has 0 aliphatic heterocycles. The van der Waals surface area contributed by atoms with Crippen LogP contribution in [0.15, 0.2) is 61.3 Å². The standard InChI is InChI=1S/C22H21ClFN5O2/c1-3-10-31-19-12-16(8-9-17(19)23)28-22-25-13-18(24)21(29-22)27-15-7-5-6-14(11-15)26-20(30)4-2/h4-9,11-13H,2-3,10H2,1H3,(H,26,30)(H2,25,27,28,29). The van der Waals surface area contributed by atoms with Gasteiger partial charge in [0.1, 0.15) is 5.75 Å². The second-order valence-electron chi connectivity index (χ2n) is 6.41. The Kier molecular flexibility index (Phi) is 7.40. The van der Waals surface area contributed by atoms with E-state index in [1.54, 1.807) is 42.5 Å². The van der Waals surface area contributed by atoms with E-state index in [-0.39, 0.29) is 17.7 Å². The summed E-state index contributed by atoms with van der Waals surface area (Å²) in [6.45, 7) is 5.95. The molecule has 0 fully saturated rings. The van der Waals surface area contributed by atoms with Crippen molar-refractivity contribution in [3.63, 3.8) is 0 Å². The highest BCUT2D eigenvalue weighted by molar-refractivity contribution is 6.32. The van der Waals surface area contributed by atoms with E-state index in [0.717, 1.165) is 18.7 Å². The van der Waals surface area contributed by atoms with Crippen LogP contribution in [-0.2, 0) is 4.79 Å². The molecule has 7 nitrogen and oxygen atoms in total. The van der Waals surface area contributed by atoms with E-state index in [2.05, 4.69) is 32.5 Å². The first-order valence-corrected chi connectivity index (χ1v) is 9.88. The van der Waals surface area contributed by atoms with Crippen LogP contribution in [0.1, 0.15) is 13.3 Å². The van der Waals surface area contributed by atoms with Crippen molar-refractivity contribution in [1.29, 1.82) is 0 Å². The highest BCUT2D eigenvalue weighted by Crippen LogP contribution is 2.29. The Balaban J connectivity index is 1.77. The predicted molar refractivity (Wildman–Crippen MR) is 121 cm³/mol. The van der Waals surface area contributed by atoms with Gasteiger partial charge in [0.2, 0.25) is 11.9 Å². The first-order valence-electron chi connectivity index (χ1n) is 9.51. The van der Waals surface area contributed by atoms with Crippen LogP contribution in [0.4, 0.5) is 33.2 Å². The minimum atomic E-state index is -0.630. The van der Waals surface area contributed by atoms with E-state index in [9.17, 15) is 9.18 Å². The highest BCUT2D eigenvalue weighted by atomic mass is 35.5. The average molecular weight is 442 g/mol. The maximum Gasteiger partial charge on any atom is 0.247 e. The minimum Gasteiger partial charge on any atom is -0.492 e. The largest absolute Gasteiger partial charge is 0.492 e. The van der Waals surface area contributed by atoms with Gasteiger partial charge in [-0.1, -0.05) is 31.2 Å². The average Bonchev–Trinajstić information content (AvgIpc) is 2.76. The molecule has 0 aliphatic carbocycles. The number of rotatable bonds is 9. The number of anilines is 5.